The lowest BCUT2D eigenvalue weighted by molar-refractivity contribution is 0.560. The van der Waals surface area contributed by atoms with Crippen LogP contribution in [-0.4, -0.2) is 11.0 Å². The van der Waals surface area contributed by atoms with Gasteiger partial charge < -0.3 is 10.7 Å². The Hall–Kier alpha value is -0.800. The maximum absolute atomic E-state index is 6.14. The Labute approximate surface area is 103 Å². The molecule has 0 bridgehead atoms. The Balaban J connectivity index is 2.25. The van der Waals surface area contributed by atoms with Crippen molar-refractivity contribution in [2.75, 3.05) is 0 Å². The number of fused-ring (bicyclic) bond motifs is 1. The molecule has 0 aliphatic heterocycles. The molecule has 1 unspecified atom stereocenters. The van der Waals surface area contributed by atoms with E-state index in [0.717, 1.165) is 4.47 Å². The van der Waals surface area contributed by atoms with Crippen molar-refractivity contribution in [2.24, 2.45) is 5.73 Å². The Bertz CT molecular complexity index is 538. The predicted molar refractivity (Wildman–Crippen MR) is 70.6 cm³/mol. The second kappa shape index (κ2) is 3.34. The zero-order valence-corrected chi connectivity index (χ0v) is 10.8. The predicted octanol–water partition coefficient (Wildman–Crippen LogP) is 3.31. The van der Waals surface area contributed by atoms with Gasteiger partial charge in [-0.05, 0) is 41.3 Å². The summed E-state index contributed by atoms with van der Waals surface area (Å²) in [4.78, 5) is 3.36. The van der Waals surface area contributed by atoms with E-state index < -0.39 is 0 Å². The van der Waals surface area contributed by atoms with Crippen LogP contribution in [0.25, 0.3) is 10.9 Å². The van der Waals surface area contributed by atoms with Crippen LogP contribution < -0.4 is 5.73 Å². The molecule has 84 valence electrons. The molecule has 1 saturated carbocycles. The number of aromatic amines is 1. The fourth-order valence-electron chi connectivity index (χ4n) is 2.64. The highest BCUT2D eigenvalue weighted by Crippen LogP contribution is 2.52. The number of benzene rings is 1. The van der Waals surface area contributed by atoms with Crippen LogP contribution in [0.15, 0.2) is 28.9 Å². The fourth-order valence-corrected chi connectivity index (χ4v) is 3.08. The molecular weight excluding hydrogens is 264 g/mol. The molecule has 0 amide bonds. The number of nitrogens with one attached hydrogen (secondary N) is 1. The fraction of sp³-hybridized carbons (Fsp3) is 0.385. The van der Waals surface area contributed by atoms with E-state index in [1.165, 1.54) is 29.3 Å². The quantitative estimate of drug-likeness (QED) is 0.870. The lowest BCUT2D eigenvalue weighted by Crippen LogP contribution is -2.31. The maximum Gasteiger partial charge on any atom is 0.0504 e. The van der Waals surface area contributed by atoms with E-state index in [1.54, 1.807) is 0 Å². The lowest BCUT2D eigenvalue weighted by atomic mass is 9.88. The number of halogens is 1. The molecule has 1 aromatic carbocycles. The maximum atomic E-state index is 6.14. The largest absolute Gasteiger partial charge is 0.360 e. The molecule has 3 N–H and O–H groups in total. The highest BCUT2D eigenvalue weighted by Gasteiger charge is 2.48. The molecule has 2 aromatic rings. The van der Waals surface area contributed by atoms with Gasteiger partial charge in [-0.15, -0.1) is 0 Å². The van der Waals surface area contributed by atoms with Crippen molar-refractivity contribution < 1.29 is 0 Å². The Morgan fingerprint density at radius 1 is 1.44 bits per heavy atom. The normalized spacial score (nSPS) is 19.9. The molecule has 16 heavy (non-hydrogen) atoms. The number of hydrogen-bond acceptors (Lipinski definition) is 1. The van der Waals surface area contributed by atoms with E-state index >= 15 is 0 Å². The van der Waals surface area contributed by atoms with Gasteiger partial charge in [-0.2, -0.15) is 0 Å². The third-order valence-corrected chi connectivity index (χ3v) is 4.52. The van der Waals surface area contributed by atoms with Gasteiger partial charge in [0.15, 0.2) is 0 Å². The molecule has 2 nitrogen and oxygen atoms in total. The van der Waals surface area contributed by atoms with Crippen LogP contribution >= 0.6 is 15.9 Å². The summed E-state index contributed by atoms with van der Waals surface area (Å²) in [6.45, 7) is 2.11. The Morgan fingerprint density at radius 3 is 2.81 bits per heavy atom. The smallest absolute Gasteiger partial charge is 0.0504 e. The summed E-state index contributed by atoms with van der Waals surface area (Å²) in [6, 6.07) is 6.69. The third kappa shape index (κ3) is 1.28. The summed E-state index contributed by atoms with van der Waals surface area (Å²) in [6.07, 6.45) is 4.42. The zero-order valence-electron chi connectivity index (χ0n) is 9.26. The number of nitrogens with two attached hydrogens (primary N) is 1. The molecule has 1 atom stereocenters. The van der Waals surface area contributed by atoms with Crippen LogP contribution in [0, 0.1) is 0 Å². The van der Waals surface area contributed by atoms with Crippen LogP contribution in [0.4, 0.5) is 0 Å². The highest BCUT2D eigenvalue weighted by molar-refractivity contribution is 9.10. The molecule has 0 radical (unpaired) electrons. The molecule has 3 rings (SSSR count). The second-order valence-electron chi connectivity index (χ2n) is 4.81. The summed E-state index contributed by atoms with van der Waals surface area (Å²) in [7, 11) is 0. The summed E-state index contributed by atoms with van der Waals surface area (Å²) in [5, 5.41) is 1.25. The number of rotatable bonds is 2. The molecule has 0 saturated heterocycles. The Kier molecular flexibility index (Phi) is 2.17. The number of H-pyrrole nitrogens is 1. The average molecular weight is 279 g/mol. The SMILES string of the molecule is CC(N)C1(c2cccc3c(Br)c[nH]c23)CC1. The first-order valence-corrected chi connectivity index (χ1v) is 6.46. The molecule has 1 aromatic heterocycles. The van der Waals surface area contributed by atoms with Crippen molar-refractivity contribution in [3.8, 4) is 0 Å². The summed E-state index contributed by atoms with van der Waals surface area (Å²) in [5.41, 5.74) is 8.97. The molecular formula is C13H15BrN2. The van der Waals surface area contributed by atoms with Crippen LogP contribution in [-0.2, 0) is 5.41 Å². The van der Waals surface area contributed by atoms with Crippen LogP contribution in [0.5, 0.6) is 0 Å². The van der Waals surface area contributed by atoms with E-state index in [-0.39, 0.29) is 11.5 Å². The molecule has 0 spiro atoms. The van der Waals surface area contributed by atoms with Crippen molar-refractivity contribution in [1.82, 2.24) is 4.98 Å². The lowest BCUT2D eigenvalue weighted by Gasteiger charge is -2.20. The van der Waals surface area contributed by atoms with Crippen LogP contribution in [0.2, 0.25) is 0 Å². The minimum Gasteiger partial charge on any atom is -0.360 e. The Morgan fingerprint density at radius 2 is 2.19 bits per heavy atom. The zero-order chi connectivity index (χ0) is 11.3. The van der Waals surface area contributed by atoms with Crippen molar-refractivity contribution in [3.05, 3.63) is 34.4 Å². The minimum atomic E-state index is 0.212. The molecule has 1 aliphatic carbocycles. The first-order valence-electron chi connectivity index (χ1n) is 5.67. The van der Waals surface area contributed by atoms with Crippen molar-refractivity contribution in [2.45, 2.75) is 31.2 Å². The van der Waals surface area contributed by atoms with Gasteiger partial charge in [-0.3, -0.25) is 0 Å². The van der Waals surface area contributed by atoms with Crippen LogP contribution in [0.1, 0.15) is 25.3 Å². The first-order chi connectivity index (χ1) is 7.65. The van der Waals surface area contributed by atoms with Gasteiger partial charge in [0, 0.05) is 27.5 Å². The van der Waals surface area contributed by atoms with Gasteiger partial charge in [0.25, 0.3) is 0 Å². The van der Waals surface area contributed by atoms with Gasteiger partial charge >= 0.3 is 0 Å². The topological polar surface area (TPSA) is 41.8 Å². The van der Waals surface area contributed by atoms with E-state index in [4.69, 9.17) is 5.73 Å². The second-order valence-corrected chi connectivity index (χ2v) is 5.66. The average Bonchev–Trinajstić information content (AvgIpc) is 3.00. The van der Waals surface area contributed by atoms with Crippen molar-refractivity contribution in [3.63, 3.8) is 0 Å². The van der Waals surface area contributed by atoms with Crippen molar-refractivity contribution in [1.29, 1.82) is 0 Å². The number of para-hydroxylation sites is 1. The number of aromatic nitrogens is 1. The van der Waals surface area contributed by atoms with E-state index in [0.29, 0.717) is 0 Å². The van der Waals surface area contributed by atoms with E-state index in [9.17, 15) is 0 Å². The molecule has 1 aliphatic rings. The van der Waals surface area contributed by atoms with Crippen LogP contribution in [0.3, 0.4) is 0 Å². The van der Waals surface area contributed by atoms with E-state index in [2.05, 4.69) is 46.0 Å². The summed E-state index contributed by atoms with van der Waals surface area (Å²) in [5.74, 6) is 0. The summed E-state index contributed by atoms with van der Waals surface area (Å²) < 4.78 is 1.13. The molecule has 1 fully saturated rings. The van der Waals surface area contributed by atoms with Gasteiger partial charge in [0.2, 0.25) is 0 Å². The minimum absolute atomic E-state index is 0.212. The number of hydrogen-bond donors (Lipinski definition) is 2. The monoisotopic (exact) mass is 278 g/mol. The first kappa shape index (κ1) is 10.4. The van der Waals surface area contributed by atoms with Gasteiger partial charge in [0.05, 0.1) is 5.52 Å². The molecule has 3 heteroatoms. The van der Waals surface area contributed by atoms with Gasteiger partial charge in [-0.25, -0.2) is 0 Å². The third-order valence-electron chi connectivity index (χ3n) is 3.86. The highest BCUT2D eigenvalue weighted by atomic mass is 79.9. The molecule has 1 heterocycles. The van der Waals surface area contributed by atoms with E-state index in [1.807, 2.05) is 6.20 Å². The van der Waals surface area contributed by atoms with Gasteiger partial charge in [-0.1, -0.05) is 18.2 Å². The standard InChI is InChI=1S/C13H15BrN2/c1-8(15)13(5-6-13)10-4-2-3-9-11(14)7-16-12(9)10/h2-4,7-8,16H,5-6,15H2,1H3. The van der Waals surface area contributed by atoms with Crippen molar-refractivity contribution >= 4 is 26.8 Å². The van der Waals surface area contributed by atoms with Gasteiger partial charge in [0.1, 0.15) is 0 Å². The summed E-state index contributed by atoms with van der Waals surface area (Å²) >= 11 is 3.56.